The summed E-state index contributed by atoms with van der Waals surface area (Å²) in [5, 5.41) is 5.15. The van der Waals surface area contributed by atoms with Gasteiger partial charge in [0.05, 0.1) is 12.1 Å². The molecule has 1 rings (SSSR count). The van der Waals surface area contributed by atoms with Crippen LogP contribution in [0.5, 0.6) is 0 Å². The fourth-order valence-electron chi connectivity index (χ4n) is 2.54. The molecular weight excluding hydrogens is 272 g/mol. The topological polar surface area (TPSA) is 127 Å². The van der Waals surface area contributed by atoms with E-state index in [0.29, 0.717) is 19.3 Å². The average Bonchev–Trinajstić information content (AvgIpc) is 2.82. The summed E-state index contributed by atoms with van der Waals surface area (Å²) in [4.78, 5) is 35.1. The molecule has 0 heterocycles. The summed E-state index contributed by atoms with van der Waals surface area (Å²) in [6.45, 7) is 3.67. The number of carbonyl (C=O) groups excluding carboxylic acids is 3. The van der Waals surface area contributed by atoms with Crippen LogP contribution in [0.15, 0.2) is 0 Å². The highest BCUT2D eigenvalue weighted by Crippen LogP contribution is 2.27. The largest absolute Gasteiger partial charge is 0.368 e. The molecule has 1 fully saturated rings. The monoisotopic (exact) mass is 298 g/mol. The van der Waals surface area contributed by atoms with E-state index in [9.17, 15) is 14.4 Å². The van der Waals surface area contributed by atoms with E-state index in [4.69, 9.17) is 11.5 Å². The molecule has 21 heavy (non-hydrogen) atoms. The van der Waals surface area contributed by atoms with Crippen LogP contribution < -0.4 is 22.1 Å². The standard InChI is InChI=1S/C14H26N4O3/c1-9(2)7-10(12(20)17-8-11(15)19)18-13(21)14(16)5-3-4-6-14/h9-10H,3-8,16H2,1-2H3,(H2,15,19)(H,17,20)(H,18,21)/t10-/m0/s1. The SMILES string of the molecule is CC(C)C[C@H](NC(=O)C1(N)CCCC1)C(=O)NCC(N)=O. The number of hydrogen-bond donors (Lipinski definition) is 4. The Hall–Kier alpha value is -1.63. The van der Waals surface area contributed by atoms with E-state index in [2.05, 4.69) is 10.6 Å². The number of amides is 3. The van der Waals surface area contributed by atoms with Gasteiger partial charge < -0.3 is 22.1 Å². The normalized spacial score (nSPS) is 18.3. The lowest BCUT2D eigenvalue weighted by Crippen LogP contribution is -2.58. The highest BCUT2D eigenvalue weighted by atomic mass is 16.2. The number of carbonyl (C=O) groups is 3. The summed E-state index contributed by atoms with van der Waals surface area (Å²) in [6.07, 6.45) is 3.60. The molecule has 0 unspecified atom stereocenters. The summed E-state index contributed by atoms with van der Waals surface area (Å²) < 4.78 is 0. The van der Waals surface area contributed by atoms with Crippen LogP contribution in [0.1, 0.15) is 46.0 Å². The van der Waals surface area contributed by atoms with Crippen LogP contribution in [0.2, 0.25) is 0 Å². The third-order valence-electron chi connectivity index (χ3n) is 3.71. The molecule has 7 heteroatoms. The zero-order valence-electron chi connectivity index (χ0n) is 12.8. The van der Waals surface area contributed by atoms with Crippen molar-refractivity contribution in [2.75, 3.05) is 6.54 Å². The van der Waals surface area contributed by atoms with Crippen LogP contribution >= 0.6 is 0 Å². The van der Waals surface area contributed by atoms with Gasteiger partial charge in [-0.2, -0.15) is 0 Å². The minimum atomic E-state index is -0.876. The summed E-state index contributed by atoms with van der Waals surface area (Å²) in [5.41, 5.74) is 10.2. The number of nitrogens with one attached hydrogen (secondary N) is 2. The van der Waals surface area contributed by atoms with Crippen molar-refractivity contribution in [3.05, 3.63) is 0 Å². The van der Waals surface area contributed by atoms with Crippen molar-refractivity contribution in [3.63, 3.8) is 0 Å². The Morgan fingerprint density at radius 2 is 1.76 bits per heavy atom. The van der Waals surface area contributed by atoms with Gasteiger partial charge in [-0.1, -0.05) is 26.7 Å². The summed E-state index contributed by atoms with van der Waals surface area (Å²) >= 11 is 0. The molecule has 0 aromatic carbocycles. The zero-order chi connectivity index (χ0) is 16.0. The number of rotatable bonds is 7. The molecule has 7 nitrogen and oxygen atoms in total. The molecule has 1 aliphatic rings. The third-order valence-corrected chi connectivity index (χ3v) is 3.71. The van der Waals surface area contributed by atoms with Crippen molar-refractivity contribution in [2.45, 2.75) is 57.5 Å². The maximum Gasteiger partial charge on any atom is 0.243 e. The summed E-state index contributed by atoms with van der Waals surface area (Å²) in [5.74, 6) is -1.10. The Bertz CT molecular complexity index is 403. The fourth-order valence-corrected chi connectivity index (χ4v) is 2.54. The van der Waals surface area contributed by atoms with Crippen molar-refractivity contribution in [3.8, 4) is 0 Å². The Labute approximate surface area is 125 Å². The predicted octanol–water partition coefficient (Wildman–Crippen LogP) is -0.610. The molecule has 0 bridgehead atoms. The van der Waals surface area contributed by atoms with E-state index in [0.717, 1.165) is 12.8 Å². The predicted molar refractivity (Wildman–Crippen MR) is 79.0 cm³/mol. The maximum atomic E-state index is 12.3. The Balaban J connectivity index is 2.66. The van der Waals surface area contributed by atoms with E-state index in [1.807, 2.05) is 13.8 Å². The zero-order valence-corrected chi connectivity index (χ0v) is 12.8. The molecule has 0 aromatic heterocycles. The van der Waals surface area contributed by atoms with Gasteiger partial charge >= 0.3 is 0 Å². The molecule has 0 radical (unpaired) electrons. The average molecular weight is 298 g/mol. The molecule has 3 amide bonds. The van der Waals surface area contributed by atoms with Crippen molar-refractivity contribution in [1.29, 1.82) is 0 Å². The number of hydrogen-bond acceptors (Lipinski definition) is 4. The Morgan fingerprint density at radius 1 is 1.19 bits per heavy atom. The van der Waals surface area contributed by atoms with Crippen LogP contribution in [0.4, 0.5) is 0 Å². The van der Waals surface area contributed by atoms with E-state index >= 15 is 0 Å². The van der Waals surface area contributed by atoms with Gasteiger partial charge in [0.15, 0.2) is 0 Å². The van der Waals surface area contributed by atoms with Crippen molar-refractivity contribution in [1.82, 2.24) is 10.6 Å². The lowest BCUT2D eigenvalue weighted by atomic mass is 9.96. The van der Waals surface area contributed by atoms with Gasteiger partial charge in [-0.3, -0.25) is 14.4 Å². The van der Waals surface area contributed by atoms with Gasteiger partial charge in [-0.15, -0.1) is 0 Å². The molecular formula is C14H26N4O3. The van der Waals surface area contributed by atoms with Gasteiger partial charge in [0.1, 0.15) is 6.04 Å². The molecule has 1 atom stereocenters. The van der Waals surface area contributed by atoms with Crippen molar-refractivity contribution >= 4 is 17.7 Å². The lowest BCUT2D eigenvalue weighted by Gasteiger charge is -2.27. The van der Waals surface area contributed by atoms with Gasteiger partial charge in [0.2, 0.25) is 17.7 Å². The molecule has 0 saturated heterocycles. The second-order valence-corrected chi connectivity index (χ2v) is 6.20. The summed E-state index contributed by atoms with van der Waals surface area (Å²) in [6, 6.07) is -0.696. The quantitative estimate of drug-likeness (QED) is 0.500. The van der Waals surface area contributed by atoms with E-state index in [1.54, 1.807) is 0 Å². The second kappa shape index (κ2) is 7.40. The first-order chi connectivity index (χ1) is 9.74. The number of nitrogens with two attached hydrogens (primary N) is 2. The summed E-state index contributed by atoms with van der Waals surface area (Å²) in [7, 11) is 0. The maximum absolute atomic E-state index is 12.3. The smallest absolute Gasteiger partial charge is 0.243 e. The Kier molecular flexibility index (Phi) is 6.14. The third kappa shape index (κ3) is 5.34. The first kappa shape index (κ1) is 17.4. The lowest BCUT2D eigenvalue weighted by molar-refractivity contribution is -0.132. The Morgan fingerprint density at radius 3 is 2.24 bits per heavy atom. The molecule has 0 spiro atoms. The van der Waals surface area contributed by atoms with E-state index < -0.39 is 23.4 Å². The highest BCUT2D eigenvalue weighted by Gasteiger charge is 2.38. The number of primary amides is 1. The first-order valence-electron chi connectivity index (χ1n) is 7.40. The van der Waals surface area contributed by atoms with Crippen LogP contribution in [-0.2, 0) is 14.4 Å². The molecule has 1 saturated carbocycles. The molecule has 6 N–H and O–H groups in total. The molecule has 0 aliphatic heterocycles. The van der Waals surface area contributed by atoms with E-state index in [-0.39, 0.29) is 18.4 Å². The molecule has 0 aromatic rings. The van der Waals surface area contributed by atoms with Gasteiger partial charge in [0, 0.05) is 0 Å². The van der Waals surface area contributed by atoms with Crippen molar-refractivity contribution in [2.24, 2.45) is 17.4 Å². The molecule has 1 aliphatic carbocycles. The fraction of sp³-hybridized carbons (Fsp3) is 0.786. The minimum absolute atomic E-state index is 0.215. The second-order valence-electron chi connectivity index (χ2n) is 6.20. The van der Waals surface area contributed by atoms with E-state index in [1.165, 1.54) is 0 Å². The van der Waals surface area contributed by atoms with Crippen molar-refractivity contribution < 1.29 is 14.4 Å². The van der Waals surface area contributed by atoms with Crippen LogP contribution in [0.3, 0.4) is 0 Å². The molecule has 120 valence electrons. The minimum Gasteiger partial charge on any atom is -0.368 e. The first-order valence-corrected chi connectivity index (χ1v) is 7.40. The van der Waals surface area contributed by atoms with Crippen LogP contribution in [-0.4, -0.2) is 35.8 Å². The van der Waals surface area contributed by atoms with Gasteiger partial charge in [-0.25, -0.2) is 0 Å². The van der Waals surface area contributed by atoms with Gasteiger partial charge in [0.25, 0.3) is 0 Å². The van der Waals surface area contributed by atoms with Gasteiger partial charge in [-0.05, 0) is 25.2 Å². The van der Waals surface area contributed by atoms with Crippen LogP contribution in [0, 0.1) is 5.92 Å². The van der Waals surface area contributed by atoms with Crippen LogP contribution in [0.25, 0.3) is 0 Å². The highest BCUT2D eigenvalue weighted by molar-refractivity contribution is 5.93.